The third kappa shape index (κ3) is 3.33. The van der Waals surface area contributed by atoms with Gasteiger partial charge in [-0.2, -0.15) is 5.26 Å². The molecule has 0 saturated heterocycles. The Hall–Kier alpha value is -3.27. The molecule has 2 N–H and O–H groups in total. The van der Waals surface area contributed by atoms with Crippen molar-refractivity contribution in [1.82, 2.24) is 0 Å². The van der Waals surface area contributed by atoms with Gasteiger partial charge in [0.15, 0.2) is 0 Å². The number of esters is 1. The predicted octanol–water partition coefficient (Wildman–Crippen LogP) is 4.84. The van der Waals surface area contributed by atoms with Crippen molar-refractivity contribution in [2.24, 2.45) is 5.73 Å². The Morgan fingerprint density at radius 1 is 1.21 bits per heavy atom. The Balaban J connectivity index is 1.73. The van der Waals surface area contributed by atoms with Crippen LogP contribution in [0.15, 0.2) is 71.4 Å². The molecule has 138 valence electrons. The number of allylic oxidation sites excluding steroid dienone is 1. The summed E-state index contributed by atoms with van der Waals surface area (Å²) in [5, 5.41) is 12.0. The van der Waals surface area contributed by atoms with Gasteiger partial charge in [0.2, 0.25) is 5.88 Å². The number of hydrogen-bond acceptors (Lipinski definition) is 6. The number of halogens is 1. The minimum atomic E-state index is -0.446. The normalized spacial score (nSPS) is 15.4. The molecule has 1 aliphatic heterocycles. The van der Waals surface area contributed by atoms with Crippen LogP contribution in [0.3, 0.4) is 0 Å². The minimum absolute atomic E-state index is 0.0155. The molecule has 0 saturated carbocycles. The summed E-state index contributed by atoms with van der Waals surface area (Å²) in [6.07, 6.45) is 0. The molecular formula is C21H13ClN2O3S. The standard InChI is InChI=1S/C21H13ClN2O3S/c22-13-4-1-3-12(9-13)19-15-7-6-14(26-21(25)18-5-2-8-28-18)10-17(15)27-20(24)16(19)11-23/h1-10,19H,24H2. The van der Waals surface area contributed by atoms with Crippen LogP contribution in [0.1, 0.15) is 26.7 Å². The van der Waals surface area contributed by atoms with Crippen LogP contribution in [0.4, 0.5) is 0 Å². The number of thiophene rings is 1. The van der Waals surface area contributed by atoms with Gasteiger partial charge in [0.25, 0.3) is 0 Å². The minimum Gasteiger partial charge on any atom is -0.440 e. The summed E-state index contributed by atoms with van der Waals surface area (Å²) in [6.45, 7) is 0. The number of nitrogens with zero attached hydrogens (tertiary/aromatic N) is 1. The zero-order valence-electron chi connectivity index (χ0n) is 14.4. The average Bonchev–Trinajstić information content (AvgIpc) is 3.21. The van der Waals surface area contributed by atoms with E-state index in [1.807, 2.05) is 12.1 Å². The molecule has 1 aliphatic rings. The lowest BCUT2D eigenvalue weighted by Gasteiger charge is -2.26. The molecule has 0 aliphatic carbocycles. The summed E-state index contributed by atoms with van der Waals surface area (Å²) < 4.78 is 11.1. The monoisotopic (exact) mass is 408 g/mol. The van der Waals surface area contributed by atoms with Gasteiger partial charge in [-0.25, -0.2) is 4.79 Å². The fraction of sp³-hybridized carbons (Fsp3) is 0.0476. The highest BCUT2D eigenvalue weighted by molar-refractivity contribution is 7.12. The van der Waals surface area contributed by atoms with Crippen molar-refractivity contribution >= 4 is 28.9 Å². The van der Waals surface area contributed by atoms with E-state index in [0.717, 1.165) is 11.1 Å². The summed E-state index contributed by atoms with van der Waals surface area (Å²) in [5.41, 5.74) is 7.86. The number of nitriles is 1. The lowest BCUT2D eigenvalue weighted by atomic mass is 9.83. The van der Waals surface area contributed by atoms with E-state index in [0.29, 0.717) is 27.0 Å². The topological polar surface area (TPSA) is 85.3 Å². The number of ether oxygens (including phenoxy) is 2. The quantitative estimate of drug-likeness (QED) is 0.495. The van der Waals surface area contributed by atoms with E-state index in [9.17, 15) is 10.1 Å². The van der Waals surface area contributed by atoms with E-state index in [2.05, 4.69) is 6.07 Å². The lowest BCUT2D eigenvalue weighted by molar-refractivity contribution is 0.0739. The predicted molar refractivity (Wildman–Crippen MR) is 106 cm³/mol. The second kappa shape index (κ2) is 7.39. The van der Waals surface area contributed by atoms with Crippen LogP contribution in [0.2, 0.25) is 5.02 Å². The highest BCUT2D eigenvalue weighted by Gasteiger charge is 2.31. The molecule has 1 unspecified atom stereocenters. The van der Waals surface area contributed by atoms with Crippen LogP contribution in [-0.2, 0) is 0 Å². The molecular weight excluding hydrogens is 396 g/mol. The fourth-order valence-corrected chi connectivity index (χ4v) is 3.88. The first-order valence-corrected chi connectivity index (χ1v) is 9.55. The molecule has 0 spiro atoms. The van der Waals surface area contributed by atoms with Crippen molar-refractivity contribution in [3.8, 4) is 17.6 Å². The summed E-state index contributed by atoms with van der Waals surface area (Å²) in [7, 11) is 0. The van der Waals surface area contributed by atoms with Crippen LogP contribution < -0.4 is 15.2 Å². The van der Waals surface area contributed by atoms with Crippen molar-refractivity contribution < 1.29 is 14.3 Å². The summed E-state index contributed by atoms with van der Waals surface area (Å²) in [5.74, 6) is -0.0947. The number of carbonyl (C=O) groups excluding carboxylic acids is 1. The summed E-state index contributed by atoms with van der Waals surface area (Å²) in [4.78, 5) is 12.7. The van der Waals surface area contributed by atoms with Crippen molar-refractivity contribution in [3.63, 3.8) is 0 Å². The Morgan fingerprint density at radius 3 is 2.79 bits per heavy atom. The Kier molecular flexibility index (Phi) is 4.78. The molecule has 1 atom stereocenters. The molecule has 28 heavy (non-hydrogen) atoms. The second-order valence-corrected chi connectivity index (χ2v) is 7.43. The SMILES string of the molecule is N#CC1=C(N)Oc2cc(OC(=O)c3cccs3)ccc2C1c1cccc(Cl)c1. The molecule has 0 fully saturated rings. The first-order chi connectivity index (χ1) is 13.6. The van der Waals surface area contributed by atoms with Crippen LogP contribution in [0, 0.1) is 11.3 Å². The Labute approximate surface area is 170 Å². The van der Waals surface area contributed by atoms with Gasteiger partial charge in [-0.3, -0.25) is 0 Å². The van der Waals surface area contributed by atoms with E-state index in [1.54, 1.807) is 47.8 Å². The molecule has 4 rings (SSSR count). The number of rotatable bonds is 3. The van der Waals surface area contributed by atoms with Crippen LogP contribution >= 0.6 is 22.9 Å². The van der Waals surface area contributed by atoms with Gasteiger partial charge in [0, 0.05) is 16.7 Å². The van der Waals surface area contributed by atoms with Gasteiger partial charge in [-0.1, -0.05) is 35.9 Å². The molecule has 2 heterocycles. The smallest absolute Gasteiger partial charge is 0.353 e. The van der Waals surface area contributed by atoms with Crippen LogP contribution in [0.25, 0.3) is 0 Å². The van der Waals surface area contributed by atoms with E-state index in [1.165, 1.54) is 11.3 Å². The van der Waals surface area contributed by atoms with Crippen molar-refractivity contribution in [2.75, 3.05) is 0 Å². The largest absolute Gasteiger partial charge is 0.440 e. The van der Waals surface area contributed by atoms with Crippen LogP contribution in [-0.4, -0.2) is 5.97 Å². The van der Waals surface area contributed by atoms with Crippen molar-refractivity contribution in [2.45, 2.75) is 5.92 Å². The van der Waals surface area contributed by atoms with E-state index in [-0.39, 0.29) is 5.88 Å². The highest BCUT2D eigenvalue weighted by Crippen LogP contribution is 2.43. The first kappa shape index (κ1) is 18.1. The van der Waals surface area contributed by atoms with Gasteiger partial charge < -0.3 is 15.2 Å². The fourth-order valence-electron chi connectivity index (χ4n) is 3.08. The van der Waals surface area contributed by atoms with Gasteiger partial charge >= 0.3 is 5.97 Å². The Bertz CT molecular complexity index is 1130. The van der Waals surface area contributed by atoms with Gasteiger partial charge in [0.1, 0.15) is 28.0 Å². The lowest BCUT2D eigenvalue weighted by Crippen LogP contribution is -2.21. The maximum atomic E-state index is 12.2. The highest BCUT2D eigenvalue weighted by atomic mass is 35.5. The van der Waals surface area contributed by atoms with Gasteiger partial charge in [-0.15, -0.1) is 11.3 Å². The molecule has 7 heteroatoms. The summed E-state index contributed by atoms with van der Waals surface area (Å²) >= 11 is 7.43. The number of carbonyl (C=O) groups is 1. The van der Waals surface area contributed by atoms with E-state index >= 15 is 0 Å². The number of hydrogen-bond donors (Lipinski definition) is 1. The molecule has 1 aromatic heterocycles. The van der Waals surface area contributed by atoms with Gasteiger partial charge in [-0.05, 0) is 35.2 Å². The maximum absolute atomic E-state index is 12.2. The van der Waals surface area contributed by atoms with Crippen LogP contribution in [0.5, 0.6) is 11.5 Å². The van der Waals surface area contributed by atoms with E-state index in [4.69, 9.17) is 26.8 Å². The molecule has 0 amide bonds. The summed E-state index contributed by atoms with van der Waals surface area (Å²) in [6, 6.07) is 17.9. The Morgan fingerprint density at radius 2 is 2.07 bits per heavy atom. The van der Waals surface area contributed by atoms with Gasteiger partial charge in [0.05, 0.1) is 5.92 Å². The third-order valence-corrected chi connectivity index (χ3v) is 5.39. The molecule has 2 aromatic carbocycles. The van der Waals surface area contributed by atoms with Crippen molar-refractivity contribution in [1.29, 1.82) is 5.26 Å². The molecule has 3 aromatic rings. The zero-order chi connectivity index (χ0) is 19.7. The van der Waals surface area contributed by atoms with E-state index < -0.39 is 11.9 Å². The van der Waals surface area contributed by atoms with Crippen molar-refractivity contribution in [3.05, 3.63) is 92.5 Å². The average molecular weight is 409 g/mol. The first-order valence-electron chi connectivity index (χ1n) is 8.29. The third-order valence-electron chi connectivity index (χ3n) is 4.31. The maximum Gasteiger partial charge on any atom is 0.353 e. The molecule has 5 nitrogen and oxygen atoms in total. The molecule has 0 bridgehead atoms. The number of nitrogens with two attached hydrogens (primary N) is 1. The second-order valence-electron chi connectivity index (χ2n) is 6.05. The molecule has 0 radical (unpaired) electrons. The zero-order valence-corrected chi connectivity index (χ0v) is 16.0. The number of fused-ring (bicyclic) bond motifs is 1. The number of benzene rings is 2.